The van der Waals surface area contributed by atoms with Crippen molar-refractivity contribution < 1.29 is 83.4 Å². The molecule has 13 heteroatoms. The molecular formula is C12H19NaO11S. The van der Waals surface area contributed by atoms with Crippen LogP contribution < -0.4 is 29.6 Å². The number of aliphatic hydroxyl groups excluding tert-OH is 5. The molecule has 0 amide bonds. The van der Waals surface area contributed by atoms with Crippen LogP contribution in [-0.2, 0) is 16.1 Å². The van der Waals surface area contributed by atoms with Gasteiger partial charge in [-0.2, -0.15) is 0 Å². The molecule has 2 rings (SSSR count). The summed E-state index contributed by atoms with van der Waals surface area (Å²) in [7, 11) is 0. The normalized spacial score (nSPS) is 29.0. The predicted octanol–water partition coefficient (Wildman–Crippen LogP) is -5.78. The number of phenolic OH excluding ortho intramolecular Hbond substituents is 2. The van der Waals surface area contributed by atoms with Crippen LogP contribution in [0.5, 0.6) is 11.5 Å². The summed E-state index contributed by atoms with van der Waals surface area (Å²) in [5.41, 5.74) is 0. The fraction of sp³-hybridized carbons (Fsp3) is 0.500. The summed E-state index contributed by atoms with van der Waals surface area (Å²) in [6.45, 7) is -0.526. The quantitative estimate of drug-likeness (QED) is 0.128. The van der Waals surface area contributed by atoms with E-state index in [1.807, 2.05) is 0 Å². The van der Waals surface area contributed by atoms with Crippen molar-refractivity contribution >= 4 is 11.4 Å². The van der Waals surface area contributed by atoms with Crippen molar-refractivity contribution in [2.45, 2.75) is 30.7 Å². The van der Waals surface area contributed by atoms with Crippen molar-refractivity contribution in [2.75, 3.05) is 6.61 Å². The predicted molar refractivity (Wildman–Crippen MR) is 77.3 cm³/mol. The van der Waals surface area contributed by atoms with Crippen LogP contribution in [0.15, 0.2) is 24.3 Å². The van der Waals surface area contributed by atoms with Crippen molar-refractivity contribution in [3.8, 4) is 11.5 Å². The fourth-order valence-electron chi connectivity index (χ4n) is 1.53. The minimum Gasteiger partial charge on any atom is -0.750 e. The number of aliphatic hydroxyl groups is 5. The van der Waals surface area contributed by atoms with Crippen molar-refractivity contribution in [3.05, 3.63) is 24.3 Å². The van der Waals surface area contributed by atoms with Crippen molar-refractivity contribution in [1.29, 1.82) is 0 Å². The van der Waals surface area contributed by atoms with E-state index in [1.165, 1.54) is 24.3 Å². The maximum atomic E-state index is 9.12. The number of benzene rings is 1. The van der Waals surface area contributed by atoms with Crippen LogP contribution in [0.3, 0.4) is 0 Å². The molecule has 0 spiro atoms. The second kappa shape index (κ2) is 13.8. The van der Waals surface area contributed by atoms with Gasteiger partial charge in [-0.25, -0.2) is 4.21 Å². The van der Waals surface area contributed by atoms with E-state index >= 15 is 0 Å². The molecule has 1 heterocycles. The van der Waals surface area contributed by atoms with Gasteiger partial charge in [-0.1, -0.05) is 0 Å². The van der Waals surface area contributed by atoms with E-state index in [-0.39, 0.29) is 41.1 Å². The van der Waals surface area contributed by atoms with E-state index in [0.29, 0.717) is 0 Å². The number of hydrogen-bond donors (Lipinski definition) is 8. The third-order valence-corrected chi connectivity index (χ3v) is 2.72. The van der Waals surface area contributed by atoms with E-state index < -0.39 is 48.7 Å². The molecule has 8 N–H and O–H groups in total. The van der Waals surface area contributed by atoms with Gasteiger partial charge in [0.05, 0.1) is 18.0 Å². The molecule has 0 saturated carbocycles. The van der Waals surface area contributed by atoms with Gasteiger partial charge in [-0.15, -0.1) is 0 Å². The number of rotatable bonds is 1. The zero-order valence-electron chi connectivity index (χ0n) is 13.1. The minimum atomic E-state index is -2.86. The molecule has 1 fully saturated rings. The molecule has 1 saturated heterocycles. The molecule has 1 aliphatic rings. The van der Waals surface area contributed by atoms with Gasteiger partial charge in [-0.3, -0.25) is 0 Å². The van der Waals surface area contributed by atoms with Gasteiger partial charge < -0.3 is 49.6 Å². The van der Waals surface area contributed by atoms with Crippen molar-refractivity contribution in [2.24, 2.45) is 0 Å². The minimum absolute atomic E-state index is 0. The Kier molecular flexibility index (Phi) is 14.8. The Morgan fingerprint density at radius 1 is 0.960 bits per heavy atom. The topological polar surface area (TPSA) is 211 Å². The average Bonchev–Trinajstić information content (AvgIpc) is 2.52. The Balaban J connectivity index is 0. The number of hydrogen-bond acceptors (Lipinski definition) is 10. The molecule has 1 aromatic rings. The maximum absolute atomic E-state index is 9.12. The van der Waals surface area contributed by atoms with Gasteiger partial charge in [0.25, 0.3) is 0 Å². The zero-order valence-corrected chi connectivity index (χ0v) is 15.9. The molecule has 0 aliphatic carbocycles. The first-order chi connectivity index (χ1) is 11.1. The van der Waals surface area contributed by atoms with Gasteiger partial charge >= 0.3 is 29.6 Å². The van der Waals surface area contributed by atoms with Crippen LogP contribution in [0.2, 0.25) is 0 Å². The largest absolute Gasteiger partial charge is 1.00 e. The number of phenols is 2. The van der Waals surface area contributed by atoms with E-state index in [4.69, 9.17) is 49.1 Å². The Morgan fingerprint density at radius 2 is 1.32 bits per heavy atom. The summed E-state index contributed by atoms with van der Waals surface area (Å²) < 4.78 is 28.7. The molecule has 1 aromatic carbocycles. The molecule has 140 valence electrons. The standard InChI is InChI=1S/C6H12O6.C6H6O2.Na.H2O3S/c7-1-2-3(8)4(9)5(10)6(11)12-2;7-5-1-2-6(8)4-3-5;;1-4(2)3/h2-11H,1H2;1-4,7-8H;;(H2,1,2,3)/q;;+1;/p-1/t2-,3-,4+,5-,6+;;;/m1.../s1. The van der Waals surface area contributed by atoms with Crippen molar-refractivity contribution in [3.63, 3.8) is 0 Å². The van der Waals surface area contributed by atoms with Crippen LogP contribution >= 0.6 is 0 Å². The molecule has 11 nitrogen and oxygen atoms in total. The number of ether oxygens (including phenoxy) is 1. The zero-order chi connectivity index (χ0) is 18.9. The summed E-state index contributed by atoms with van der Waals surface area (Å²) in [5, 5.41) is 61.9. The van der Waals surface area contributed by atoms with Gasteiger partial charge in [-0.05, 0) is 24.3 Å². The smallest absolute Gasteiger partial charge is 0.750 e. The molecule has 1 aliphatic heterocycles. The van der Waals surface area contributed by atoms with E-state index in [1.54, 1.807) is 0 Å². The van der Waals surface area contributed by atoms with E-state index in [2.05, 4.69) is 4.74 Å². The van der Waals surface area contributed by atoms with Gasteiger partial charge in [0.2, 0.25) is 0 Å². The molecule has 6 atom stereocenters. The second-order valence-corrected chi connectivity index (χ2v) is 4.89. The number of aromatic hydroxyl groups is 2. The Morgan fingerprint density at radius 3 is 1.64 bits per heavy atom. The van der Waals surface area contributed by atoms with Crippen LogP contribution in [0.25, 0.3) is 0 Å². The average molecular weight is 394 g/mol. The van der Waals surface area contributed by atoms with Crippen LogP contribution in [-0.4, -0.2) is 86.4 Å². The molecule has 0 radical (unpaired) electrons. The van der Waals surface area contributed by atoms with E-state index in [0.717, 1.165) is 0 Å². The van der Waals surface area contributed by atoms with Crippen molar-refractivity contribution in [1.82, 2.24) is 0 Å². The third kappa shape index (κ3) is 11.1. The SMILES string of the molecule is O=S([O-])O.OC[C@H]1O[C@H](O)[C@H](O)[C@@H](O)[C@@H]1O.Oc1ccc(O)cc1.[Na+]. The first-order valence-corrected chi connectivity index (χ1v) is 7.38. The Labute approximate surface area is 167 Å². The van der Waals surface area contributed by atoms with Crippen LogP contribution in [0.4, 0.5) is 0 Å². The third-order valence-electron chi connectivity index (χ3n) is 2.72. The Hall–Kier alpha value is -0.350. The Bertz CT molecular complexity index is 459. The summed E-state index contributed by atoms with van der Waals surface area (Å²) in [5.74, 6) is 0.339. The first kappa shape index (κ1) is 26.9. The molecule has 1 unspecified atom stereocenters. The monoisotopic (exact) mass is 394 g/mol. The first-order valence-electron chi connectivity index (χ1n) is 6.35. The van der Waals surface area contributed by atoms with Gasteiger partial charge in [0, 0.05) is 0 Å². The summed E-state index contributed by atoms with van der Waals surface area (Å²) in [6.07, 6.45) is -7.04. The van der Waals surface area contributed by atoms with Gasteiger partial charge in [0.1, 0.15) is 35.9 Å². The summed E-state index contributed by atoms with van der Waals surface area (Å²) >= 11 is -2.86. The molecule has 0 bridgehead atoms. The van der Waals surface area contributed by atoms with Crippen LogP contribution in [0, 0.1) is 0 Å². The van der Waals surface area contributed by atoms with Crippen LogP contribution in [0.1, 0.15) is 0 Å². The molecule has 0 aromatic heterocycles. The second-order valence-electron chi connectivity index (χ2n) is 4.45. The molecule has 25 heavy (non-hydrogen) atoms. The summed E-state index contributed by atoms with van der Waals surface area (Å²) in [6, 6.07) is 5.70. The van der Waals surface area contributed by atoms with Gasteiger partial charge in [0.15, 0.2) is 6.29 Å². The molecular weight excluding hydrogens is 375 g/mol. The fourth-order valence-corrected chi connectivity index (χ4v) is 1.53. The summed E-state index contributed by atoms with van der Waals surface area (Å²) in [4.78, 5) is 0. The maximum Gasteiger partial charge on any atom is 1.00 e. The van der Waals surface area contributed by atoms with E-state index in [9.17, 15) is 0 Å².